The summed E-state index contributed by atoms with van der Waals surface area (Å²) in [7, 11) is 0. The van der Waals surface area contributed by atoms with E-state index < -0.39 is 4.92 Å². The predicted molar refractivity (Wildman–Crippen MR) is 77.3 cm³/mol. The zero-order chi connectivity index (χ0) is 15.0. The van der Waals surface area contributed by atoms with Gasteiger partial charge in [0.25, 0.3) is 5.69 Å². The molecule has 1 N–H and O–H groups in total. The van der Waals surface area contributed by atoms with Crippen LogP contribution >= 0.6 is 0 Å². The van der Waals surface area contributed by atoms with Gasteiger partial charge in [0.1, 0.15) is 16.7 Å². The zero-order valence-corrected chi connectivity index (χ0v) is 10.8. The van der Waals surface area contributed by atoms with E-state index in [-0.39, 0.29) is 17.1 Å². The number of aromatic hydroxyl groups is 1. The summed E-state index contributed by atoms with van der Waals surface area (Å²) >= 11 is 0. The second-order valence-electron chi connectivity index (χ2n) is 4.34. The molecule has 3 aromatic rings. The van der Waals surface area contributed by atoms with Gasteiger partial charge in [-0.15, -0.1) is 15.0 Å². The van der Waals surface area contributed by atoms with Crippen LogP contribution in [0.15, 0.2) is 43.0 Å². The van der Waals surface area contributed by atoms with Crippen molar-refractivity contribution in [1.82, 2.24) is 15.0 Å². The third-order valence-electron chi connectivity index (χ3n) is 3.02. The maximum atomic E-state index is 10.8. The summed E-state index contributed by atoms with van der Waals surface area (Å²) < 4.78 is 0. The molecule has 0 radical (unpaired) electrons. The molecule has 0 aliphatic rings. The molecular weight excluding hydrogens is 272 g/mol. The van der Waals surface area contributed by atoms with Crippen LogP contribution in [-0.4, -0.2) is 25.0 Å². The highest BCUT2D eigenvalue weighted by Gasteiger charge is 2.18. The molecule has 7 nitrogen and oxygen atoms in total. The maximum Gasteiger partial charge on any atom is 0.273 e. The van der Waals surface area contributed by atoms with Crippen LogP contribution in [0.4, 0.5) is 5.69 Å². The van der Waals surface area contributed by atoms with Crippen LogP contribution in [-0.2, 0) is 0 Å². The van der Waals surface area contributed by atoms with Gasteiger partial charge in [0.15, 0.2) is 5.75 Å². The Morgan fingerprint density at radius 3 is 2.38 bits per heavy atom. The van der Waals surface area contributed by atoms with Gasteiger partial charge in [0, 0.05) is 11.6 Å². The van der Waals surface area contributed by atoms with Crippen LogP contribution in [0.1, 0.15) is 5.56 Å². The molecule has 0 fully saturated rings. The molecule has 0 saturated heterocycles. The third kappa shape index (κ3) is 2.10. The summed E-state index contributed by atoms with van der Waals surface area (Å²) in [5.41, 5.74) is 1.73. The van der Waals surface area contributed by atoms with E-state index in [0.29, 0.717) is 16.6 Å². The van der Waals surface area contributed by atoms with Gasteiger partial charge in [0.2, 0.25) is 0 Å². The van der Waals surface area contributed by atoms with E-state index >= 15 is 0 Å². The molecule has 0 atom stereocenters. The lowest BCUT2D eigenvalue weighted by Crippen LogP contribution is -2.02. The second-order valence-corrected chi connectivity index (χ2v) is 4.34. The first-order chi connectivity index (χ1) is 10.1. The Hall–Kier alpha value is -3.22. The summed E-state index contributed by atoms with van der Waals surface area (Å²) in [6, 6.07) is 9.60. The lowest BCUT2D eigenvalue weighted by molar-refractivity contribution is -0.384. The number of fused-ring (bicyclic) bond motifs is 1. The number of aromatic nitrogens is 3. The first-order valence-corrected chi connectivity index (χ1v) is 6.06. The molecule has 1 heterocycles. The van der Waals surface area contributed by atoms with Crippen molar-refractivity contribution in [2.24, 2.45) is 0 Å². The van der Waals surface area contributed by atoms with Gasteiger partial charge in [-0.1, -0.05) is 24.8 Å². The summed E-state index contributed by atoms with van der Waals surface area (Å²) in [4.78, 5) is 11.5. The number of rotatable bonds is 3. The van der Waals surface area contributed by atoms with Crippen LogP contribution in [0, 0.1) is 10.1 Å². The quantitative estimate of drug-likeness (QED) is 0.588. The Balaban J connectivity index is 2.25. The molecule has 21 heavy (non-hydrogen) atoms. The monoisotopic (exact) mass is 282 g/mol. The fourth-order valence-electron chi connectivity index (χ4n) is 2.06. The molecular formula is C14H10N4O3. The van der Waals surface area contributed by atoms with Gasteiger partial charge in [-0.05, 0) is 12.1 Å². The molecule has 1 aromatic heterocycles. The predicted octanol–water partition coefficient (Wildman–Crippen LogP) is 2.68. The third-order valence-corrected chi connectivity index (χ3v) is 3.02. The van der Waals surface area contributed by atoms with Crippen molar-refractivity contribution >= 4 is 22.8 Å². The molecule has 104 valence electrons. The van der Waals surface area contributed by atoms with Crippen molar-refractivity contribution in [3.05, 3.63) is 58.7 Å². The maximum absolute atomic E-state index is 10.8. The molecule has 0 amide bonds. The molecule has 7 heteroatoms. The normalized spacial score (nSPS) is 10.7. The van der Waals surface area contributed by atoms with E-state index in [9.17, 15) is 15.2 Å². The minimum Gasteiger partial charge on any atom is -0.505 e. The van der Waals surface area contributed by atoms with Crippen LogP contribution < -0.4 is 0 Å². The van der Waals surface area contributed by atoms with E-state index in [2.05, 4.69) is 16.8 Å². The van der Waals surface area contributed by atoms with Crippen molar-refractivity contribution in [3.8, 4) is 11.4 Å². The van der Waals surface area contributed by atoms with Gasteiger partial charge < -0.3 is 5.11 Å². The number of phenolic OH excluding ortho intramolecular Hbond substituents is 1. The van der Waals surface area contributed by atoms with Gasteiger partial charge >= 0.3 is 0 Å². The minimum absolute atomic E-state index is 0.220. The summed E-state index contributed by atoms with van der Waals surface area (Å²) in [6.45, 7) is 3.61. The van der Waals surface area contributed by atoms with Crippen LogP contribution in [0.2, 0.25) is 0 Å². The molecule has 0 aliphatic heterocycles. The van der Waals surface area contributed by atoms with Gasteiger partial charge in [0.05, 0.1) is 11.0 Å². The SMILES string of the molecule is C=Cc1cc([N+](=O)[O-])cc(O)c1-n1nc2ccccc2n1. The Morgan fingerprint density at radius 1 is 1.24 bits per heavy atom. The fraction of sp³-hybridized carbons (Fsp3) is 0. The average Bonchev–Trinajstić information content (AvgIpc) is 2.89. The summed E-state index contributed by atoms with van der Waals surface area (Å²) in [5, 5.41) is 29.4. The first-order valence-electron chi connectivity index (χ1n) is 6.06. The number of nitro benzene ring substituents is 1. The molecule has 0 bridgehead atoms. The second kappa shape index (κ2) is 4.71. The Kier molecular flexibility index (Phi) is 2.87. The van der Waals surface area contributed by atoms with Gasteiger partial charge in [-0.3, -0.25) is 10.1 Å². The van der Waals surface area contributed by atoms with Crippen molar-refractivity contribution in [1.29, 1.82) is 0 Å². The fourth-order valence-corrected chi connectivity index (χ4v) is 2.06. The van der Waals surface area contributed by atoms with Gasteiger partial charge in [-0.25, -0.2) is 0 Å². The summed E-state index contributed by atoms with van der Waals surface area (Å²) in [6.07, 6.45) is 1.41. The highest BCUT2D eigenvalue weighted by molar-refractivity contribution is 5.75. The van der Waals surface area contributed by atoms with Crippen molar-refractivity contribution in [2.45, 2.75) is 0 Å². The summed E-state index contributed by atoms with van der Waals surface area (Å²) in [5.74, 6) is -0.278. The molecule has 0 spiro atoms. The number of nitro groups is 1. The smallest absolute Gasteiger partial charge is 0.273 e. The van der Waals surface area contributed by atoms with Crippen LogP contribution in [0.25, 0.3) is 22.8 Å². The Bertz CT molecular complexity index is 837. The topological polar surface area (TPSA) is 94.1 Å². The van der Waals surface area contributed by atoms with E-state index in [4.69, 9.17) is 0 Å². The van der Waals surface area contributed by atoms with Crippen molar-refractivity contribution in [2.75, 3.05) is 0 Å². The van der Waals surface area contributed by atoms with E-state index in [1.807, 2.05) is 12.1 Å². The number of phenols is 1. The first kappa shape index (κ1) is 12.8. The zero-order valence-electron chi connectivity index (χ0n) is 10.8. The largest absolute Gasteiger partial charge is 0.505 e. The Labute approximate surface area is 118 Å². The number of hydrogen-bond acceptors (Lipinski definition) is 5. The number of non-ortho nitro benzene ring substituents is 1. The number of nitrogens with zero attached hydrogens (tertiary/aromatic N) is 4. The van der Waals surface area contributed by atoms with Crippen LogP contribution in [0.5, 0.6) is 5.75 Å². The average molecular weight is 282 g/mol. The molecule has 0 saturated carbocycles. The lowest BCUT2D eigenvalue weighted by atomic mass is 10.1. The Morgan fingerprint density at radius 2 is 1.86 bits per heavy atom. The number of benzene rings is 2. The molecule has 2 aromatic carbocycles. The molecule has 3 rings (SSSR count). The van der Waals surface area contributed by atoms with Crippen molar-refractivity contribution in [3.63, 3.8) is 0 Å². The van der Waals surface area contributed by atoms with Crippen molar-refractivity contribution < 1.29 is 10.0 Å². The van der Waals surface area contributed by atoms with E-state index in [1.165, 1.54) is 16.9 Å². The highest BCUT2D eigenvalue weighted by Crippen LogP contribution is 2.31. The van der Waals surface area contributed by atoms with Crippen LogP contribution in [0.3, 0.4) is 0 Å². The minimum atomic E-state index is -0.580. The standard InChI is InChI=1S/C14H10N4O3/c1-2-9-7-10(18(20)21)8-13(19)14(9)17-15-11-5-3-4-6-12(11)16-17/h2-8,19H,1H2. The highest BCUT2D eigenvalue weighted by atomic mass is 16.6. The van der Waals surface area contributed by atoms with E-state index in [1.54, 1.807) is 12.1 Å². The van der Waals surface area contributed by atoms with Gasteiger partial charge in [-0.2, -0.15) is 0 Å². The molecule has 0 unspecified atom stereocenters. The van der Waals surface area contributed by atoms with E-state index in [0.717, 1.165) is 6.07 Å². The number of hydrogen-bond donors (Lipinski definition) is 1. The molecule has 0 aliphatic carbocycles. The lowest BCUT2D eigenvalue weighted by Gasteiger charge is -2.07.